The second kappa shape index (κ2) is 12.1. The zero-order valence-electron chi connectivity index (χ0n) is 18.4. The van der Waals surface area contributed by atoms with Gasteiger partial charge in [-0.25, -0.2) is 4.99 Å². The van der Waals surface area contributed by atoms with Crippen molar-refractivity contribution in [1.82, 2.24) is 15.5 Å². The number of benzene rings is 2. The first-order valence-electron chi connectivity index (χ1n) is 11.0. The van der Waals surface area contributed by atoms with Gasteiger partial charge in [0, 0.05) is 38.3 Å². The minimum Gasteiger partial charge on any atom is -0.489 e. The number of guanidine groups is 1. The molecule has 0 aliphatic carbocycles. The Hall–Kier alpha value is -2.83. The van der Waals surface area contributed by atoms with Crippen LogP contribution in [0.5, 0.6) is 5.75 Å². The molecule has 0 bridgehead atoms. The molecule has 31 heavy (non-hydrogen) atoms. The van der Waals surface area contributed by atoms with Crippen LogP contribution in [0.1, 0.15) is 23.6 Å². The molecule has 1 heterocycles. The van der Waals surface area contributed by atoms with E-state index in [2.05, 4.69) is 51.4 Å². The van der Waals surface area contributed by atoms with Gasteiger partial charge in [0.25, 0.3) is 0 Å². The fourth-order valence-electron chi connectivity index (χ4n) is 3.72. The molecule has 0 amide bonds. The Balaban J connectivity index is 1.51. The first-order chi connectivity index (χ1) is 15.2. The summed E-state index contributed by atoms with van der Waals surface area (Å²) in [6.45, 7) is 10.4. The van der Waals surface area contributed by atoms with Crippen LogP contribution in [0, 0.1) is 0 Å². The highest BCUT2D eigenvalue weighted by Crippen LogP contribution is 2.19. The van der Waals surface area contributed by atoms with E-state index in [0.29, 0.717) is 32.2 Å². The van der Waals surface area contributed by atoms with Gasteiger partial charge in [-0.15, -0.1) is 0 Å². The van der Waals surface area contributed by atoms with Gasteiger partial charge in [-0.3, -0.25) is 4.90 Å². The third-order valence-corrected chi connectivity index (χ3v) is 5.26. The van der Waals surface area contributed by atoms with Crippen LogP contribution >= 0.6 is 0 Å². The lowest BCUT2D eigenvalue weighted by atomic mass is 10.00. The number of rotatable bonds is 10. The highest BCUT2D eigenvalue weighted by atomic mass is 16.5. The summed E-state index contributed by atoms with van der Waals surface area (Å²) in [6, 6.07) is 16.4. The van der Waals surface area contributed by atoms with E-state index in [4.69, 9.17) is 4.74 Å². The van der Waals surface area contributed by atoms with Gasteiger partial charge < -0.3 is 20.5 Å². The van der Waals surface area contributed by atoms with Crippen molar-refractivity contribution in [2.24, 2.45) is 4.99 Å². The Morgan fingerprint density at radius 3 is 2.77 bits per heavy atom. The molecule has 0 saturated heterocycles. The molecule has 0 aromatic heterocycles. The maximum atomic E-state index is 10.6. The predicted molar refractivity (Wildman–Crippen MR) is 126 cm³/mol. The number of para-hydroxylation sites is 1. The van der Waals surface area contributed by atoms with E-state index in [0.717, 1.165) is 37.4 Å². The van der Waals surface area contributed by atoms with E-state index in [-0.39, 0.29) is 0 Å². The third kappa shape index (κ3) is 7.12. The first-order valence-corrected chi connectivity index (χ1v) is 11.0. The van der Waals surface area contributed by atoms with Crippen molar-refractivity contribution in [3.63, 3.8) is 0 Å². The van der Waals surface area contributed by atoms with E-state index >= 15 is 0 Å². The second-order valence-electron chi connectivity index (χ2n) is 7.69. The maximum absolute atomic E-state index is 10.6. The van der Waals surface area contributed by atoms with E-state index < -0.39 is 6.10 Å². The molecule has 2 aromatic carbocycles. The SMILES string of the molecule is C=CCOc1ccccc1CN=C(NCC)NCC(O)CN1CCc2ccccc2C1. The van der Waals surface area contributed by atoms with Crippen LogP contribution in [0.25, 0.3) is 0 Å². The summed E-state index contributed by atoms with van der Waals surface area (Å²) in [6.07, 6.45) is 2.29. The monoisotopic (exact) mass is 422 g/mol. The average Bonchev–Trinajstić information content (AvgIpc) is 2.80. The minimum atomic E-state index is -0.475. The molecular formula is C25H34N4O2. The molecule has 1 aliphatic rings. The standard InChI is InChI=1S/C25H34N4O2/c1-3-15-31-24-12-8-7-10-21(24)16-27-25(26-4-2)28-17-23(30)19-29-14-13-20-9-5-6-11-22(20)18-29/h3,5-12,23,30H,1,4,13-19H2,2H3,(H2,26,27,28). The number of aliphatic hydroxyl groups is 1. The molecule has 1 unspecified atom stereocenters. The summed E-state index contributed by atoms with van der Waals surface area (Å²) in [5, 5.41) is 17.1. The normalized spacial score (nSPS) is 15.1. The van der Waals surface area contributed by atoms with E-state index in [1.165, 1.54) is 11.1 Å². The van der Waals surface area contributed by atoms with Gasteiger partial charge in [0.1, 0.15) is 12.4 Å². The van der Waals surface area contributed by atoms with Gasteiger partial charge in [0.15, 0.2) is 5.96 Å². The molecule has 3 rings (SSSR count). The van der Waals surface area contributed by atoms with Crippen LogP contribution in [-0.2, 0) is 19.5 Å². The summed E-state index contributed by atoms with van der Waals surface area (Å²) < 4.78 is 5.71. The maximum Gasteiger partial charge on any atom is 0.191 e. The Morgan fingerprint density at radius 2 is 1.97 bits per heavy atom. The number of nitrogens with zero attached hydrogens (tertiary/aromatic N) is 2. The molecule has 6 nitrogen and oxygen atoms in total. The van der Waals surface area contributed by atoms with Crippen LogP contribution < -0.4 is 15.4 Å². The van der Waals surface area contributed by atoms with Gasteiger partial charge >= 0.3 is 0 Å². The average molecular weight is 423 g/mol. The number of nitrogens with one attached hydrogen (secondary N) is 2. The topological polar surface area (TPSA) is 69.1 Å². The molecule has 1 atom stereocenters. The van der Waals surface area contributed by atoms with Crippen LogP contribution in [-0.4, -0.2) is 54.9 Å². The number of aliphatic hydroxyl groups excluding tert-OH is 1. The Kier molecular flexibility index (Phi) is 8.94. The van der Waals surface area contributed by atoms with Crippen LogP contribution in [0.3, 0.4) is 0 Å². The first kappa shape index (κ1) is 22.8. The highest BCUT2D eigenvalue weighted by molar-refractivity contribution is 5.79. The molecule has 0 saturated carbocycles. The van der Waals surface area contributed by atoms with Gasteiger partial charge in [0.2, 0.25) is 0 Å². The van der Waals surface area contributed by atoms with Crippen LogP contribution in [0.15, 0.2) is 66.2 Å². The molecule has 0 spiro atoms. The number of ether oxygens (including phenoxy) is 1. The molecule has 1 aliphatic heterocycles. The molecule has 2 aromatic rings. The smallest absolute Gasteiger partial charge is 0.191 e. The van der Waals surface area contributed by atoms with Gasteiger partial charge in [-0.2, -0.15) is 0 Å². The van der Waals surface area contributed by atoms with Gasteiger partial charge in [-0.05, 0) is 30.5 Å². The van der Waals surface area contributed by atoms with Crippen molar-refractivity contribution >= 4 is 5.96 Å². The van der Waals surface area contributed by atoms with Gasteiger partial charge in [0.05, 0.1) is 12.6 Å². The van der Waals surface area contributed by atoms with Crippen molar-refractivity contribution in [2.75, 3.05) is 32.8 Å². The Morgan fingerprint density at radius 1 is 1.19 bits per heavy atom. The lowest BCUT2D eigenvalue weighted by Gasteiger charge is -2.30. The molecule has 166 valence electrons. The van der Waals surface area contributed by atoms with Crippen molar-refractivity contribution in [3.05, 3.63) is 77.9 Å². The summed E-state index contributed by atoms with van der Waals surface area (Å²) >= 11 is 0. The second-order valence-corrected chi connectivity index (χ2v) is 7.69. The van der Waals surface area contributed by atoms with E-state index in [9.17, 15) is 5.11 Å². The van der Waals surface area contributed by atoms with E-state index in [1.807, 2.05) is 31.2 Å². The molecule has 6 heteroatoms. The number of β-amino-alcohol motifs (C(OH)–C–C–N with tert-alkyl or cyclic N) is 1. The molecule has 0 radical (unpaired) electrons. The fraction of sp³-hybridized carbons (Fsp3) is 0.400. The summed E-state index contributed by atoms with van der Waals surface area (Å²) in [4.78, 5) is 6.98. The zero-order valence-corrected chi connectivity index (χ0v) is 18.4. The lowest BCUT2D eigenvalue weighted by molar-refractivity contribution is 0.108. The summed E-state index contributed by atoms with van der Waals surface area (Å²) in [5.41, 5.74) is 3.79. The van der Waals surface area contributed by atoms with Crippen molar-refractivity contribution in [2.45, 2.75) is 32.5 Å². The predicted octanol–water partition coefficient (Wildman–Crippen LogP) is 2.73. The largest absolute Gasteiger partial charge is 0.489 e. The Labute approximate surface area is 185 Å². The molecule has 0 fully saturated rings. The third-order valence-electron chi connectivity index (χ3n) is 5.26. The highest BCUT2D eigenvalue weighted by Gasteiger charge is 2.18. The van der Waals surface area contributed by atoms with Crippen LogP contribution in [0.2, 0.25) is 0 Å². The van der Waals surface area contributed by atoms with Crippen molar-refractivity contribution < 1.29 is 9.84 Å². The number of hydrogen-bond acceptors (Lipinski definition) is 4. The van der Waals surface area contributed by atoms with Crippen molar-refractivity contribution in [3.8, 4) is 5.75 Å². The van der Waals surface area contributed by atoms with Crippen molar-refractivity contribution in [1.29, 1.82) is 0 Å². The minimum absolute atomic E-state index is 0.443. The zero-order chi connectivity index (χ0) is 21.9. The number of fused-ring (bicyclic) bond motifs is 1. The molecule has 3 N–H and O–H groups in total. The number of hydrogen-bond donors (Lipinski definition) is 3. The quantitative estimate of drug-likeness (QED) is 0.312. The lowest BCUT2D eigenvalue weighted by Crippen LogP contribution is -2.45. The fourth-order valence-corrected chi connectivity index (χ4v) is 3.72. The van der Waals surface area contributed by atoms with Gasteiger partial charge in [-0.1, -0.05) is 55.1 Å². The number of aliphatic imine (C=N–C) groups is 1. The summed E-state index contributed by atoms with van der Waals surface area (Å²) in [7, 11) is 0. The molecular weight excluding hydrogens is 388 g/mol. The summed E-state index contributed by atoms with van der Waals surface area (Å²) in [5.74, 6) is 1.50. The van der Waals surface area contributed by atoms with Crippen LogP contribution in [0.4, 0.5) is 0 Å². The van der Waals surface area contributed by atoms with E-state index in [1.54, 1.807) is 6.08 Å². The Bertz CT molecular complexity index is 868.